The molecule has 0 aromatic heterocycles. The molecular weight excluding hydrogens is 327 g/mol. The Bertz CT molecular complexity index is 683. The molecule has 1 saturated heterocycles. The van der Waals surface area contributed by atoms with Gasteiger partial charge in [-0.3, -0.25) is 4.79 Å². The summed E-state index contributed by atoms with van der Waals surface area (Å²) in [7, 11) is 0. The monoisotopic (exact) mass is 348 g/mol. The summed E-state index contributed by atoms with van der Waals surface area (Å²) in [5.41, 5.74) is 1.05. The van der Waals surface area contributed by atoms with Gasteiger partial charge in [-0.1, -0.05) is 24.2 Å². The van der Waals surface area contributed by atoms with Crippen molar-refractivity contribution >= 4 is 17.6 Å². The minimum atomic E-state index is -0.896. The number of ether oxygens (including phenoxy) is 1. The molecule has 0 spiro atoms. The summed E-state index contributed by atoms with van der Waals surface area (Å²) in [5.74, 6) is -0.581. The summed E-state index contributed by atoms with van der Waals surface area (Å²) < 4.78 is 18.3. The number of carbonyl (C=O) groups excluding carboxylic acids is 2. The second kappa shape index (κ2) is 7.63. The van der Waals surface area contributed by atoms with Gasteiger partial charge in [0, 0.05) is 25.1 Å². The summed E-state index contributed by atoms with van der Waals surface area (Å²) in [4.78, 5) is 30.9. The number of carbonyl (C=O) groups is 2. The van der Waals surface area contributed by atoms with Crippen molar-refractivity contribution in [3.63, 3.8) is 0 Å². The van der Waals surface area contributed by atoms with Gasteiger partial charge in [0.15, 0.2) is 6.61 Å². The fourth-order valence-corrected chi connectivity index (χ4v) is 2.92. The van der Waals surface area contributed by atoms with Crippen LogP contribution in [0, 0.1) is 11.7 Å². The fourth-order valence-electron chi connectivity index (χ4n) is 2.92. The number of benzene rings is 1. The summed E-state index contributed by atoms with van der Waals surface area (Å²) in [6.45, 7) is 3.27. The molecule has 1 fully saturated rings. The second-order valence-electron chi connectivity index (χ2n) is 6.52. The van der Waals surface area contributed by atoms with Crippen LogP contribution in [0.25, 0.3) is 0 Å². The van der Waals surface area contributed by atoms with Gasteiger partial charge in [-0.15, -0.1) is 0 Å². The summed E-state index contributed by atoms with van der Waals surface area (Å²) in [5, 5.41) is 3.83. The summed E-state index contributed by atoms with van der Waals surface area (Å²) in [6.07, 6.45) is 1.23. The molecule has 0 N–H and O–H groups in total. The molecule has 1 aromatic carbocycles. The predicted molar refractivity (Wildman–Crippen MR) is 88.4 cm³/mol. The van der Waals surface area contributed by atoms with E-state index in [2.05, 4.69) is 12.1 Å². The Morgan fingerprint density at radius 1 is 1.36 bits per heavy atom. The van der Waals surface area contributed by atoms with Crippen LogP contribution in [0.5, 0.6) is 0 Å². The van der Waals surface area contributed by atoms with Crippen LogP contribution in [0.3, 0.4) is 0 Å². The Morgan fingerprint density at radius 3 is 2.84 bits per heavy atom. The molecule has 0 bridgehead atoms. The lowest BCUT2D eigenvalue weighted by Crippen LogP contribution is -2.41. The molecule has 0 saturated carbocycles. The fraction of sp³-hybridized carbons (Fsp3) is 0.500. The number of halogens is 1. The van der Waals surface area contributed by atoms with Crippen LogP contribution < -0.4 is 0 Å². The molecule has 6 nitrogen and oxygen atoms in total. The van der Waals surface area contributed by atoms with Crippen molar-refractivity contribution in [3.05, 3.63) is 35.6 Å². The molecule has 25 heavy (non-hydrogen) atoms. The molecule has 1 atom stereocenters. The zero-order valence-electron chi connectivity index (χ0n) is 14.1. The molecule has 0 aliphatic carbocycles. The van der Waals surface area contributed by atoms with Gasteiger partial charge in [0.1, 0.15) is 5.82 Å². The lowest BCUT2D eigenvalue weighted by molar-refractivity contribution is -0.161. The quantitative estimate of drug-likeness (QED) is 0.782. The van der Waals surface area contributed by atoms with Gasteiger partial charge in [-0.2, -0.15) is 0 Å². The second-order valence-corrected chi connectivity index (χ2v) is 6.52. The normalized spacial score (nSPS) is 20.8. The van der Waals surface area contributed by atoms with Crippen molar-refractivity contribution in [2.75, 3.05) is 19.7 Å². The number of nitrogens with zero attached hydrogens (tertiary/aromatic N) is 2. The molecule has 1 unspecified atom stereocenters. The van der Waals surface area contributed by atoms with E-state index < -0.39 is 12.1 Å². The topological polar surface area (TPSA) is 68.2 Å². The zero-order valence-corrected chi connectivity index (χ0v) is 14.1. The van der Waals surface area contributed by atoms with Crippen LogP contribution in [0.1, 0.15) is 31.7 Å². The molecular formula is C18H21FN2O4. The van der Waals surface area contributed by atoms with Crippen molar-refractivity contribution in [2.45, 2.75) is 32.3 Å². The van der Waals surface area contributed by atoms with Crippen LogP contribution in [0.15, 0.2) is 29.4 Å². The maximum absolute atomic E-state index is 13.3. The third-order valence-corrected chi connectivity index (χ3v) is 4.56. The summed E-state index contributed by atoms with van der Waals surface area (Å²) >= 11 is 0. The first-order valence-corrected chi connectivity index (χ1v) is 8.46. The highest BCUT2D eigenvalue weighted by atomic mass is 19.1. The first-order valence-electron chi connectivity index (χ1n) is 8.46. The number of oxime groups is 1. The minimum Gasteiger partial charge on any atom is -0.453 e. The van der Waals surface area contributed by atoms with E-state index in [9.17, 15) is 14.0 Å². The van der Waals surface area contributed by atoms with Crippen LogP contribution in [0.2, 0.25) is 0 Å². The third-order valence-electron chi connectivity index (χ3n) is 4.56. The van der Waals surface area contributed by atoms with E-state index in [-0.39, 0.29) is 24.8 Å². The van der Waals surface area contributed by atoms with Crippen LogP contribution in [-0.4, -0.2) is 48.3 Å². The molecule has 2 heterocycles. The largest absolute Gasteiger partial charge is 0.453 e. The first-order chi connectivity index (χ1) is 12.0. The van der Waals surface area contributed by atoms with Gasteiger partial charge in [0.2, 0.25) is 6.10 Å². The standard InChI is InChI=1S/C18H21FN2O4/c1-12-5-7-21(8-6-12)17(22)11-24-18(23)16-10-15(20-25-16)13-3-2-4-14(19)9-13/h2-4,9,12,16H,5-8,10-11H2,1H3. The molecule has 134 valence electrons. The van der Waals surface area contributed by atoms with E-state index in [0.717, 1.165) is 12.8 Å². The number of hydrogen-bond acceptors (Lipinski definition) is 5. The lowest BCUT2D eigenvalue weighted by atomic mass is 9.99. The number of rotatable bonds is 4. The molecule has 3 rings (SSSR count). The Hall–Kier alpha value is -2.44. The van der Waals surface area contributed by atoms with E-state index in [1.54, 1.807) is 17.0 Å². The first kappa shape index (κ1) is 17.4. The molecule has 1 aromatic rings. The minimum absolute atomic E-state index is 0.190. The van der Waals surface area contributed by atoms with Crippen molar-refractivity contribution in [1.29, 1.82) is 0 Å². The number of hydrogen-bond donors (Lipinski definition) is 0. The molecule has 0 radical (unpaired) electrons. The Morgan fingerprint density at radius 2 is 2.12 bits per heavy atom. The average Bonchev–Trinajstić information content (AvgIpc) is 3.10. The van der Waals surface area contributed by atoms with Crippen molar-refractivity contribution in [1.82, 2.24) is 4.90 Å². The lowest BCUT2D eigenvalue weighted by Gasteiger charge is -2.30. The van der Waals surface area contributed by atoms with E-state index in [0.29, 0.717) is 30.3 Å². The van der Waals surface area contributed by atoms with Gasteiger partial charge < -0.3 is 14.5 Å². The van der Waals surface area contributed by atoms with Crippen LogP contribution in [-0.2, 0) is 19.2 Å². The van der Waals surface area contributed by atoms with Crippen molar-refractivity contribution in [2.24, 2.45) is 11.1 Å². The maximum Gasteiger partial charge on any atom is 0.351 e. The highest BCUT2D eigenvalue weighted by molar-refractivity contribution is 6.03. The van der Waals surface area contributed by atoms with E-state index in [1.165, 1.54) is 12.1 Å². The Balaban J connectivity index is 1.46. The molecule has 2 aliphatic heterocycles. The average molecular weight is 348 g/mol. The van der Waals surface area contributed by atoms with Gasteiger partial charge in [-0.25, -0.2) is 9.18 Å². The molecule has 7 heteroatoms. The van der Waals surface area contributed by atoms with Crippen LogP contribution >= 0.6 is 0 Å². The zero-order chi connectivity index (χ0) is 17.8. The van der Waals surface area contributed by atoms with Crippen molar-refractivity contribution < 1.29 is 23.6 Å². The summed E-state index contributed by atoms with van der Waals surface area (Å²) in [6, 6.07) is 5.92. The third kappa shape index (κ3) is 4.35. The highest BCUT2D eigenvalue weighted by Gasteiger charge is 2.31. The smallest absolute Gasteiger partial charge is 0.351 e. The molecule has 2 aliphatic rings. The van der Waals surface area contributed by atoms with E-state index in [1.807, 2.05) is 0 Å². The maximum atomic E-state index is 13.3. The van der Waals surface area contributed by atoms with E-state index in [4.69, 9.17) is 9.57 Å². The van der Waals surface area contributed by atoms with Gasteiger partial charge in [-0.05, 0) is 30.9 Å². The Labute approximate surface area is 145 Å². The number of piperidine rings is 1. The van der Waals surface area contributed by atoms with Gasteiger partial charge in [0.25, 0.3) is 5.91 Å². The van der Waals surface area contributed by atoms with Gasteiger partial charge in [0.05, 0.1) is 5.71 Å². The van der Waals surface area contributed by atoms with Gasteiger partial charge >= 0.3 is 5.97 Å². The van der Waals surface area contributed by atoms with Crippen molar-refractivity contribution in [3.8, 4) is 0 Å². The van der Waals surface area contributed by atoms with Crippen LogP contribution in [0.4, 0.5) is 4.39 Å². The number of likely N-dealkylation sites (tertiary alicyclic amines) is 1. The van der Waals surface area contributed by atoms with E-state index >= 15 is 0 Å². The number of amides is 1. The molecule has 1 amide bonds. The highest BCUT2D eigenvalue weighted by Crippen LogP contribution is 2.19. The SMILES string of the molecule is CC1CCN(C(=O)COC(=O)C2CC(c3cccc(F)c3)=NO2)CC1. The predicted octanol–water partition coefficient (Wildman–Crippen LogP) is 2.12. The Kier molecular flexibility index (Phi) is 5.31. The number of esters is 1.